The van der Waals surface area contributed by atoms with Crippen LogP contribution in [0.3, 0.4) is 0 Å². The van der Waals surface area contributed by atoms with Crippen LogP contribution in [0.1, 0.15) is 29.0 Å². The molecular formula is C18H20N2O4. The molecule has 0 unspecified atom stereocenters. The molecule has 0 spiro atoms. The number of hydrogen-bond acceptors (Lipinski definition) is 5. The SMILES string of the molecule is CCN1C(=O)c2ccccc2N[C@H]1c1cc(OC)c(O)c(OC)c1. The van der Waals surface area contributed by atoms with Gasteiger partial charge in [-0.15, -0.1) is 0 Å². The van der Waals surface area contributed by atoms with E-state index in [1.54, 1.807) is 17.0 Å². The van der Waals surface area contributed by atoms with Gasteiger partial charge in [-0.25, -0.2) is 0 Å². The van der Waals surface area contributed by atoms with E-state index in [9.17, 15) is 9.90 Å². The molecule has 24 heavy (non-hydrogen) atoms. The number of ether oxygens (including phenoxy) is 2. The molecule has 6 nitrogen and oxygen atoms in total. The number of nitrogens with one attached hydrogen (secondary N) is 1. The van der Waals surface area contributed by atoms with E-state index in [1.807, 2.05) is 31.2 Å². The second-order valence-corrected chi connectivity index (χ2v) is 5.46. The van der Waals surface area contributed by atoms with E-state index in [2.05, 4.69) is 5.32 Å². The predicted molar refractivity (Wildman–Crippen MR) is 90.7 cm³/mol. The summed E-state index contributed by atoms with van der Waals surface area (Å²) < 4.78 is 10.4. The number of para-hydroxylation sites is 1. The van der Waals surface area contributed by atoms with Gasteiger partial charge in [-0.05, 0) is 31.2 Å². The molecule has 0 fully saturated rings. The number of aromatic hydroxyl groups is 1. The molecule has 1 amide bonds. The van der Waals surface area contributed by atoms with Gasteiger partial charge >= 0.3 is 0 Å². The molecule has 3 rings (SSSR count). The topological polar surface area (TPSA) is 71.0 Å². The Labute approximate surface area is 140 Å². The van der Waals surface area contributed by atoms with E-state index < -0.39 is 0 Å². The minimum atomic E-state index is -0.374. The van der Waals surface area contributed by atoms with E-state index in [0.29, 0.717) is 23.6 Å². The van der Waals surface area contributed by atoms with Crippen molar-refractivity contribution >= 4 is 11.6 Å². The van der Waals surface area contributed by atoms with Crippen LogP contribution < -0.4 is 14.8 Å². The standard InChI is InChI=1S/C18H20N2O4/c1-4-20-17(19-13-8-6-5-7-12(13)18(20)22)11-9-14(23-2)16(21)15(10-11)24-3/h5-10,17,19,21H,4H2,1-3H3/t17-/m1/s1. The molecule has 0 saturated carbocycles. The van der Waals surface area contributed by atoms with Crippen molar-refractivity contribution < 1.29 is 19.4 Å². The van der Waals surface area contributed by atoms with Crippen LogP contribution in [0.25, 0.3) is 0 Å². The number of rotatable bonds is 4. The van der Waals surface area contributed by atoms with E-state index in [0.717, 1.165) is 11.3 Å². The molecule has 0 radical (unpaired) electrons. The van der Waals surface area contributed by atoms with Crippen LogP contribution in [0.5, 0.6) is 17.2 Å². The van der Waals surface area contributed by atoms with Crippen molar-refractivity contribution in [2.75, 3.05) is 26.1 Å². The van der Waals surface area contributed by atoms with Crippen LogP contribution in [0, 0.1) is 0 Å². The lowest BCUT2D eigenvalue weighted by molar-refractivity contribution is 0.0694. The van der Waals surface area contributed by atoms with Gasteiger partial charge in [0, 0.05) is 17.8 Å². The van der Waals surface area contributed by atoms with Gasteiger partial charge in [0.1, 0.15) is 6.17 Å². The zero-order valence-corrected chi connectivity index (χ0v) is 13.9. The Morgan fingerprint density at radius 2 is 1.79 bits per heavy atom. The van der Waals surface area contributed by atoms with Gasteiger partial charge < -0.3 is 24.8 Å². The third-order valence-electron chi connectivity index (χ3n) is 4.18. The van der Waals surface area contributed by atoms with Crippen molar-refractivity contribution in [3.8, 4) is 17.2 Å². The van der Waals surface area contributed by atoms with Crippen molar-refractivity contribution in [3.63, 3.8) is 0 Å². The lowest BCUT2D eigenvalue weighted by Crippen LogP contribution is -2.42. The van der Waals surface area contributed by atoms with E-state index in [-0.39, 0.29) is 17.8 Å². The largest absolute Gasteiger partial charge is 0.502 e. The summed E-state index contributed by atoms with van der Waals surface area (Å²) in [6.07, 6.45) is -0.374. The Kier molecular flexibility index (Phi) is 4.20. The number of benzene rings is 2. The minimum absolute atomic E-state index is 0.0390. The van der Waals surface area contributed by atoms with Crippen LogP contribution in [0.4, 0.5) is 5.69 Å². The summed E-state index contributed by atoms with van der Waals surface area (Å²) >= 11 is 0. The van der Waals surface area contributed by atoms with Gasteiger partial charge in [0.05, 0.1) is 19.8 Å². The third kappa shape index (κ3) is 2.50. The molecule has 126 valence electrons. The van der Waals surface area contributed by atoms with Crippen LogP contribution in [-0.2, 0) is 0 Å². The molecular weight excluding hydrogens is 308 g/mol. The quantitative estimate of drug-likeness (QED) is 0.903. The van der Waals surface area contributed by atoms with Crippen LogP contribution in [-0.4, -0.2) is 36.7 Å². The maximum Gasteiger partial charge on any atom is 0.257 e. The fourth-order valence-electron chi connectivity index (χ4n) is 2.95. The average Bonchev–Trinajstić information content (AvgIpc) is 2.62. The lowest BCUT2D eigenvalue weighted by Gasteiger charge is -2.37. The maximum absolute atomic E-state index is 12.8. The first-order valence-electron chi connectivity index (χ1n) is 7.72. The average molecular weight is 328 g/mol. The summed E-state index contributed by atoms with van der Waals surface area (Å²) in [6, 6.07) is 10.8. The first-order valence-corrected chi connectivity index (χ1v) is 7.72. The van der Waals surface area contributed by atoms with Crippen LogP contribution in [0.15, 0.2) is 36.4 Å². The van der Waals surface area contributed by atoms with E-state index in [1.165, 1.54) is 14.2 Å². The number of phenols is 1. The number of phenolic OH excluding ortho intramolecular Hbond substituents is 1. The highest BCUT2D eigenvalue weighted by atomic mass is 16.5. The highest BCUT2D eigenvalue weighted by molar-refractivity contribution is 6.01. The Morgan fingerprint density at radius 1 is 1.17 bits per heavy atom. The molecule has 2 aromatic carbocycles. The highest BCUT2D eigenvalue weighted by Gasteiger charge is 2.32. The predicted octanol–water partition coefficient (Wildman–Crippen LogP) is 3.00. The van der Waals surface area contributed by atoms with Crippen LogP contribution >= 0.6 is 0 Å². The van der Waals surface area contributed by atoms with Crippen molar-refractivity contribution in [2.45, 2.75) is 13.1 Å². The molecule has 1 aliphatic rings. The zero-order chi connectivity index (χ0) is 17.3. The normalized spacial score (nSPS) is 16.4. The molecule has 2 N–H and O–H groups in total. The molecule has 1 atom stereocenters. The van der Waals surface area contributed by atoms with E-state index in [4.69, 9.17) is 9.47 Å². The Bertz CT molecular complexity index is 750. The number of carbonyl (C=O) groups excluding carboxylic acids is 1. The number of hydrogen-bond donors (Lipinski definition) is 2. The Hall–Kier alpha value is -2.89. The Balaban J connectivity index is 2.10. The number of methoxy groups -OCH3 is 2. The number of carbonyl (C=O) groups is 1. The van der Waals surface area contributed by atoms with Gasteiger partial charge in [-0.1, -0.05) is 12.1 Å². The summed E-state index contributed by atoms with van der Waals surface area (Å²) in [7, 11) is 2.95. The molecule has 6 heteroatoms. The molecule has 0 saturated heterocycles. The maximum atomic E-state index is 12.8. The van der Waals surface area contributed by atoms with Crippen molar-refractivity contribution in [3.05, 3.63) is 47.5 Å². The van der Waals surface area contributed by atoms with Crippen molar-refractivity contribution in [1.29, 1.82) is 0 Å². The summed E-state index contributed by atoms with van der Waals surface area (Å²) in [5.41, 5.74) is 2.20. The smallest absolute Gasteiger partial charge is 0.257 e. The molecule has 1 heterocycles. The second kappa shape index (κ2) is 6.31. The van der Waals surface area contributed by atoms with Gasteiger partial charge in [-0.3, -0.25) is 4.79 Å². The molecule has 0 bridgehead atoms. The van der Waals surface area contributed by atoms with Crippen molar-refractivity contribution in [1.82, 2.24) is 4.90 Å². The lowest BCUT2D eigenvalue weighted by atomic mass is 10.0. The first-order chi connectivity index (χ1) is 11.6. The summed E-state index contributed by atoms with van der Waals surface area (Å²) in [5.74, 6) is 0.499. The summed E-state index contributed by atoms with van der Waals surface area (Å²) in [6.45, 7) is 2.46. The number of fused-ring (bicyclic) bond motifs is 1. The molecule has 2 aromatic rings. The fourth-order valence-corrected chi connectivity index (χ4v) is 2.95. The second-order valence-electron chi connectivity index (χ2n) is 5.46. The minimum Gasteiger partial charge on any atom is -0.502 e. The zero-order valence-electron chi connectivity index (χ0n) is 13.9. The first kappa shape index (κ1) is 16.0. The van der Waals surface area contributed by atoms with E-state index >= 15 is 0 Å². The van der Waals surface area contributed by atoms with Crippen molar-refractivity contribution in [2.24, 2.45) is 0 Å². The molecule has 1 aliphatic heterocycles. The molecule has 0 aliphatic carbocycles. The summed E-state index contributed by atoms with van der Waals surface area (Å²) in [4.78, 5) is 14.5. The molecule has 0 aromatic heterocycles. The van der Waals surface area contributed by atoms with Gasteiger partial charge in [0.2, 0.25) is 5.75 Å². The fraction of sp³-hybridized carbons (Fsp3) is 0.278. The van der Waals surface area contributed by atoms with Gasteiger partial charge in [0.25, 0.3) is 5.91 Å². The monoisotopic (exact) mass is 328 g/mol. The number of anilines is 1. The third-order valence-corrected chi connectivity index (χ3v) is 4.18. The Morgan fingerprint density at radius 3 is 2.38 bits per heavy atom. The van der Waals surface area contributed by atoms with Crippen LogP contribution in [0.2, 0.25) is 0 Å². The number of nitrogens with zero attached hydrogens (tertiary/aromatic N) is 1. The highest BCUT2D eigenvalue weighted by Crippen LogP contribution is 2.41. The van der Waals surface area contributed by atoms with Gasteiger partial charge in [-0.2, -0.15) is 0 Å². The number of amides is 1. The van der Waals surface area contributed by atoms with Gasteiger partial charge in [0.15, 0.2) is 11.5 Å². The summed E-state index contributed by atoms with van der Waals surface area (Å²) in [5, 5.41) is 13.5.